The van der Waals surface area contributed by atoms with E-state index in [0.717, 1.165) is 3.94 Å². The van der Waals surface area contributed by atoms with Crippen LogP contribution in [0.5, 0.6) is 0 Å². The van der Waals surface area contributed by atoms with Crippen molar-refractivity contribution in [3.05, 3.63) is 60.2 Å². The zero-order chi connectivity index (χ0) is 13.0. The lowest BCUT2D eigenvalue weighted by Gasteiger charge is -2.08. The van der Waals surface area contributed by atoms with Gasteiger partial charge in [0.05, 0.1) is 5.69 Å². The van der Waals surface area contributed by atoms with Crippen molar-refractivity contribution in [3.8, 4) is 0 Å². The molecule has 0 fully saturated rings. The Morgan fingerprint density at radius 2 is 1.56 bits per heavy atom. The van der Waals surface area contributed by atoms with E-state index in [1.54, 1.807) is 36.4 Å². The highest BCUT2D eigenvalue weighted by atomic mass is 35.5. The summed E-state index contributed by atoms with van der Waals surface area (Å²) in [6.45, 7) is 0. The normalized spacial score (nSPS) is 9.89. The number of hydrogen-bond donors (Lipinski definition) is 1. The van der Waals surface area contributed by atoms with Gasteiger partial charge < -0.3 is 5.32 Å². The third kappa shape index (κ3) is 3.15. The van der Waals surface area contributed by atoms with Crippen LogP contribution in [0.3, 0.4) is 0 Å². The number of nitrogens with one attached hydrogen (secondary N) is 1. The van der Waals surface area contributed by atoms with Crippen LogP contribution >= 0.6 is 23.6 Å². The van der Waals surface area contributed by atoms with Gasteiger partial charge in [-0.25, -0.2) is 0 Å². The van der Waals surface area contributed by atoms with Gasteiger partial charge in [0.1, 0.15) is 0 Å². The first-order valence-electron chi connectivity index (χ1n) is 5.25. The van der Waals surface area contributed by atoms with Crippen molar-refractivity contribution in [1.82, 2.24) is 0 Å². The molecule has 2 rings (SSSR count). The third-order valence-corrected chi connectivity index (χ3v) is 2.75. The Bertz CT molecular complexity index is 526. The molecule has 92 valence electrons. The van der Waals surface area contributed by atoms with Crippen molar-refractivity contribution in [3.63, 3.8) is 0 Å². The lowest BCUT2D eigenvalue weighted by Crippen LogP contribution is -2.11. The molecular formula is C13H10Cl2N2O. The molecule has 2 aromatic rings. The molecule has 0 aromatic heterocycles. The Labute approximate surface area is 115 Å². The van der Waals surface area contributed by atoms with Gasteiger partial charge in [0.25, 0.3) is 5.91 Å². The minimum absolute atomic E-state index is 0.156. The average Bonchev–Trinajstić information content (AvgIpc) is 2.40. The summed E-state index contributed by atoms with van der Waals surface area (Å²) in [5, 5.41) is 2.78. The Morgan fingerprint density at radius 3 is 2.11 bits per heavy atom. The molecule has 0 bridgehead atoms. The molecule has 0 radical (unpaired) electrons. The molecular weight excluding hydrogens is 271 g/mol. The van der Waals surface area contributed by atoms with Gasteiger partial charge in [-0.15, -0.1) is 0 Å². The number of rotatable bonds is 3. The predicted molar refractivity (Wildman–Crippen MR) is 75.0 cm³/mol. The third-order valence-electron chi connectivity index (χ3n) is 2.36. The van der Waals surface area contributed by atoms with Crippen LogP contribution in [0.15, 0.2) is 54.6 Å². The largest absolute Gasteiger partial charge is 0.322 e. The molecule has 0 atom stereocenters. The molecule has 1 N–H and O–H groups in total. The van der Waals surface area contributed by atoms with E-state index in [2.05, 4.69) is 5.32 Å². The number of anilines is 2. The van der Waals surface area contributed by atoms with Crippen LogP contribution < -0.4 is 9.25 Å². The fraction of sp³-hybridized carbons (Fsp3) is 0. The molecule has 0 saturated heterocycles. The molecule has 2 aromatic carbocycles. The van der Waals surface area contributed by atoms with Gasteiger partial charge in [0.2, 0.25) is 0 Å². The molecule has 0 spiro atoms. The summed E-state index contributed by atoms with van der Waals surface area (Å²) in [4.78, 5) is 11.9. The van der Waals surface area contributed by atoms with Crippen molar-refractivity contribution >= 4 is 40.8 Å². The van der Waals surface area contributed by atoms with Crippen LogP contribution in [0, 0.1) is 0 Å². The minimum Gasteiger partial charge on any atom is -0.322 e. The molecule has 0 aliphatic heterocycles. The number of hydrogen-bond acceptors (Lipinski definition) is 2. The molecule has 0 unspecified atom stereocenters. The Balaban J connectivity index is 2.08. The lowest BCUT2D eigenvalue weighted by molar-refractivity contribution is 0.102. The zero-order valence-electron chi connectivity index (χ0n) is 9.31. The number of nitrogens with zero attached hydrogens (tertiary/aromatic N) is 1. The maximum absolute atomic E-state index is 11.9. The van der Waals surface area contributed by atoms with E-state index < -0.39 is 0 Å². The highest BCUT2D eigenvalue weighted by molar-refractivity contribution is 6.49. The van der Waals surface area contributed by atoms with E-state index in [9.17, 15) is 4.79 Å². The van der Waals surface area contributed by atoms with Gasteiger partial charge in [-0.2, -0.15) is 3.94 Å². The van der Waals surface area contributed by atoms with Crippen molar-refractivity contribution in [2.45, 2.75) is 0 Å². The van der Waals surface area contributed by atoms with Crippen LogP contribution in [0.4, 0.5) is 11.4 Å². The number of benzene rings is 2. The van der Waals surface area contributed by atoms with Crippen molar-refractivity contribution in [2.75, 3.05) is 9.25 Å². The first kappa shape index (κ1) is 12.7. The van der Waals surface area contributed by atoms with Gasteiger partial charge in [0, 0.05) is 34.8 Å². The van der Waals surface area contributed by atoms with Crippen molar-refractivity contribution < 1.29 is 4.79 Å². The number of amides is 1. The zero-order valence-corrected chi connectivity index (χ0v) is 10.8. The highest BCUT2D eigenvalue weighted by Crippen LogP contribution is 2.21. The van der Waals surface area contributed by atoms with Crippen LogP contribution in [-0.2, 0) is 0 Å². The molecule has 1 amide bonds. The number of carbonyl (C=O) groups excluding carboxylic acids is 1. The van der Waals surface area contributed by atoms with E-state index in [1.807, 2.05) is 18.2 Å². The van der Waals surface area contributed by atoms with Crippen LogP contribution in [0.25, 0.3) is 0 Å². The second-order valence-corrected chi connectivity index (χ2v) is 4.45. The van der Waals surface area contributed by atoms with E-state index in [4.69, 9.17) is 23.6 Å². The van der Waals surface area contributed by atoms with Gasteiger partial charge in [-0.3, -0.25) is 4.79 Å². The second kappa shape index (κ2) is 5.76. The van der Waals surface area contributed by atoms with E-state index in [0.29, 0.717) is 16.9 Å². The molecule has 3 nitrogen and oxygen atoms in total. The smallest absolute Gasteiger partial charge is 0.255 e. The predicted octanol–water partition coefficient (Wildman–Crippen LogP) is 4.05. The second-order valence-electron chi connectivity index (χ2n) is 3.60. The Hall–Kier alpha value is -1.71. The van der Waals surface area contributed by atoms with E-state index in [-0.39, 0.29) is 5.91 Å². The SMILES string of the molecule is O=C(Nc1ccc(N(Cl)Cl)cc1)c1ccccc1. The van der Waals surface area contributed by atoms with Crippen molar-refractivity contribution in [2.24, 2.45) is 0 Å². The number of halogens is 2. The van der Waals surface area contributed by atoms with Crippen LogP contribution in [0.2, 0.25) is 0 Å². The Morgan fingerprint density at radius 1 is 0.944 bits per heavy atom. The standard InChI is InChI=1S/C13H10Cl2N2O/c14-17(15)12-8-6-11(7-9-12)16-13(18)10-4-2-1-3-5-10/h1-9H,(H,16,18). The minimum atomic E-state index is -0.156. The topological polar surface area (TPSA) is 32.3 Å². The summed E-state index contributed by atoms with van der Waals surface area (Å²) in [7, 11) is 0. The summed E-state index contributed by atoms with van der Waals surface area (Å²) in [5.74, 6) is -0.156. The molecule has 0 heterocycles. The molecule has 0 saturated carbocycles. The molecule has 0 aliphatic carbocycles. The van der Waals surface area contributed by atoms with Gasteiger partial charge in [-0.05, 0) is 36.4 Å². The quantitative estimate of drug-likeness (QED) is 0.861. The Kier molecular flexibility index (Phi) is 4.07. The summed E-state index contributed by atoms with van der Waals surface area (Å²) >= 11 is 11.1. The fourth-order valence-electron chi connectivity index (χ4n) is 1.45. The molecule has 0 aliphatic rings. The summed E-state index contributed by atoms with van der Waals surface area (Å²) in [5.41, 5.74) is 1.93. The highest BCUT2D eigenvalue weighted by Gasteiger charge is 2.05. The van der Waals surface area contributed by atoms with Crippen LogP contribution in [-0.4, -0.2) is 5.91 Å². The monoisotopic (exact) mass is 280 g/mol. The average molecular weight is 281 g/mol. The first-order chi connectivity index (χ1) is 8.66. The summed E-state index contributed by atoms with van der Waals surface area (Å²) < 4.78 is 0.961. The van der Waals surface area contributed by atoms with E-state index >= 15 is 0 Å². The molecule has 5 heteroatoms. The fourth-order valence-corrected chi connectivity index (χ4v) is 1.68. The lowest BCUT2D eigenvalue weighted by atomic mass is 10.2. The maximum Gasteiger partial charge on any atom is 0.255 e. The van der Waals surface area contributed by atoms with Gasteiger partial charge >= 0.3 is 0 Å². The van der Waals surface area contributed by atoms with Crippen molar-refractivity contribution in [1.29, 1.82) is 0 Å². The summed E-state index contributed by atoms with van der Waals surface area (Å²) in [6, 6.07) is 15.9. The first-order valence-corrected chi connectivity index (χ1v) is 5.92. The summed E-state index contributed by atoms with van der Waals surface area (Å²) in [6.07, 6.45) is 0. The van der Waals surface area contributed by atoms with Gasteiger partial charge in [0.15, 0.2) is 0 Å². The van der Waals surface area contributed by atoms with Crippen LogP contribution in [0.1, 0.15) is 10.4 Å². The van der Waals surface area contributed by atoms with Gasteiger partial charge in [-0.1, -0.05) is 18.2 Å². The van der Waals surface area contributed by atoms with E-state index in [1.165, 1.54) is 0 Å². The maximum atomic E-state index is 11.9. The number of carbonyl (C=O) groups is 1. The molecule has 18 heavy (non-hydrogen) atoms.